The second-order valence-corrected chi connectivity index (χ2v) is 6.13. The summed E-state index contributed by atoms with van der Waals surface area (Å²) in [6.45, 7) is 5.70. The summed E-state index contributed by atoms with van der Waals surface area (Å²) in [6, 6.07) is 2.90. The van der Waals surface area contributed by atoms with E-state index in [9.17, 15) is 24.8 Å². The normalized spacial score (nSPS) is 21.2. The van der Waals surface area contributed by atoms with Crippen molar-refractivity contribution in [1.82, 2.24) is 10.4 Å². The molecule has 1 aromatic carbocycles. The fraction of sp³-hybridized carbons (Fsp3) is 0.467. The summed E-state index contributed by atoms with van der Waals surface area (Å²) in [7, 11) is 0. The molecule has 1 aromatic rings. The molecule has 2 unspecified atom stereocenters. The molecule has 2 amide bonds. The van der Waals surface area contributed by atoms with E-state index in [1.165, 1.54) is 32.0 Å². The van der Waals surface area contributed by atoms with Gasteiger partial charge in [0.1, 0.15) is 23.5 Å². The first-order chi connectivity index (χ1) is 11.0. The molecule has 0 saturated carbocycles. The van der Waals surface area contributed by atoms with E-state index in [1.807, 2.05) is 0 Å². The Morgan fingerprint density at radius 1 is 1.38 bits per heavy atom. The van der Waals surface area contributed by atoms with Gasteiger partial charge in [-0.15, -0.1) is 0 Å². The number of amides is 2. The Balaban J connectivity index is 2.63. The van der Waals surface area contributed by atoms with Gasteiger partial charge in [-0.25, -0.2) is 5.01 Å². The van der Waals surface area contributed by atoms with Crippen molar-refractivity contribution in [3.8, 4) is 5.75 Å². The molecule has 130 valence electrons. The lowest BCUT2D eigenvalue weighted by Crippen LogP contribution is -2.58. The molecule has 2 rings (SSSR count). The van der Waals surface area contributed by atoms with Crippen molar-refractivity contribution in [2.75, 3.05) is 0 Å². The maximum absolute atomic E-state index is 12.0. The highest BCUT2D eigenvalue weighted by Crippen LogP contribution is 2.43. The van der Waals surface area contributed by atoms with Crippen molar-refractivity contribution in [2.24, 2.45) is 0 Å². The van der Waals surface area contributed by atoms with Gasteiger partial charge in [0.2, 0.25) is 11.8 Å². The molecule has 1 aliphatic heterocycles. The van der Waals surface area contributed by atoms with Gasteiger partial charge >= 0.3 is 0 Å². The Labute approximate surface area is 138 Å². The molecule has 2 atom stereocenters. The van der Waals surface area contributed by atoms with Crippen LogP contribution in [0.5, 0.6) is 5.75 Å². The zero-order valence-electron chi connectivity index (χ0n) is 13.8. The van der Waals surface area contributed by atoms with E-state index in [-0.39, 0.29) is 11.3 Å². The first-order valence-corrected chi connectivity index (χ1v) is 7.27. The van der Waals surface area contributed by atoms with E-state index in [4.69, 9.17) is 4.74 Å². The van der Waals surface area contributed by atoms with Crippen LogP contribution in [-0.4, -0.2) is 38.6 Å². The maximum atomic E-state index is 12.0. The number of fused-ring (bicyclic) bond motifs is 1. The van der Waals surface area contributed by atoms with Crippen LogP contribution in [-0.2, 0) is 9.59 Å². The Morgan fingerprint density at radius 3 is 2.50 bits per heavy atom. The lowest BCUT2D eigenvalue weighted by Gasteiger charge is -2.45. The third kappa shape index (κ3) is 3.16. The molecule has 0 aliphatic carbocycles. The van der Waals surface area contributed by atoms with Crippen LogP contribution in [0.2, 0.25) is 0 Å². The molecular weight excluding hydrogens is 318 g/mol. The number of nitrogens with zero attached hydrogens (tertiary/aromatic N) is 2. The Kier molecular flexibility index (Phi) is 4.48. The molecule has 9 nitrogen and oxygen atoms in total. The predicted molar refractivity (Wildman–Crippen MR) is 82.9 cm³/mol. The number of rotatable bonds is 2. The monoisotopic (exact) mass is 337 g/mol. The van der Waals surface area contributed by atoms with Gasteiger partial charge in [0.25, 0.3) is 5.69 Å². The average Bonchev–Trinajstić information content (AvgIpc) is 2.45. The number of non-ortho nitro benzene ring substituents is 1. The summed E-state index contributed by atoms with van der Waals surface area (Å²) < 4.78 is 5.71. The van der Waals surface area contributed by atoms with Gasteiger partial charge in [-0.2, -0.15) is 0 Å². The third-order valence-electron chi connectivity index (χ3n) is 3.80. The van der Waals surface area contributed by atoms with Crippen LogP contribution in [0.1, 0.15) is 39.3 Å². The molecule has 2 N–H and O–H groups in total. The number of hydrogen-bond acceptors (Lipinski definition) is 6. The van der Waals surface area contributed by atoms with E-state index < -0.39 is 34.5 Å². The molecular formula is C15H19N3O6. The van der Waals surface area contributed by atoms with Gasteiger partial charge < -0.3 is 9.84 Å². The van der Waals surface area contributed by atoms with Crippen molar-refractivity contribution in [3.63, 3.8) is 0 Å². The van der Waals surface area contributed by atoms with Crippen LogP contribution in [0.25, 0.3) is 0 Å². The average molecular weight is 337 g/mol. The van der Waals surface area contributed by atoms with Crippen molar-refractivity contribution in [1.29, 1.82) is 0 Å². The quantitative estimate of drug-likeness (QED) is 0.615. The minimum Gasteiger partial charge on any atom is -0.485 e. The van der Waals surface area contributed by atoms with Gasteiger partial charge in [-0.3, -0.25) is 25.1 Å². The van der Waals surface area contributed by atoms with Crippen LogP contribution in [0.4, 0.5) is 5.69 Å². The Bertz CT molecular complexity index is 702. The van der Waals surface area contributed by atoms with Crippen molar-refractivity contribution >= 4 is 17.5 Å². The lowest BCUT2D eigenvalue weighted by molar-refractivity contribution is -0.385. The number of ether oxygens (including phenoxy) is 1. The lowest BCUT2D eigenvalue weighted by atomic mass is 9.86. The number of aliphatic hydroxyl groups is 1. The predicted octanol–water partition coefficient (Wildman–Crippen LogP) is 1.07. The highest BCUT2D eigenvalue weighted by molar-refractivity contribution is 5.80. The number of hydrazine groups is 1. The number of hydrogen-bond donors (Lipinski definition) is 2. The summed E-state index contributed by atoms with van der Waals surface area (Å²) in [5.74, 6) is -0.726. The highest BCUT2D eigenvalue weighted by atomic mass is 16.6. The molecule has 1 aliphatic rings. The Hall–Kier alpha value is -2.68. The summed E-state index contributed by atoms with van der Waals surface area (Å²) in [5, 5.41) is 22.7. The van der Waals surface area contributed by atoms with E-state index >= 15 is 0 Å². The van der Waals surface area contributed by atoms with Crippen molar-refractivity contribution < 1.29 is 24.4 Å². The fourth-order valence-corrected chi connectivity index (χ4v) is 2.66. The van der Waals surface area contributed by atoms with Crippen LogP contribution in [0.3, 0.4) is 0 Å². The van der Waals surface area contributed by atoms with Gasteiger partial charge in [0, 0.05) is 31.5 Å². The van der Waals surface area contributed by atoms with Gasteiger partial charge in [-0.05, 0) is 19.9 Å². The summed E-state index contributed by atoms with van der Waals surface area (Å²) in [4.78, 5) is 33.9. The largest absolute Gasteiger partial charge is 0.485 e. The van der Waals surface area contributed by atoms with Crippen LogP contribution in [0.15, 0.2) is 18.2 Å². The topological polar surface area (TPSA) is 122 Å². The second-order valence-electron chi connectivity index (χ2n) is 6.13. The molecule has 0 saturated heterocycles. The van der Waals surface area contributed by atoms with Crippen molar-refractivity contribution in [3.05, 3.63) is 33.9 Å². The first kappa shape index (κ1) is 17.7. The van der Waals surface area contributed by atoms with E-state index in [1.54, 1.807) is 13.8 Å². The smallest absolute Gasteiger partial charge is 0.270 e. The number of aliphatic hydroxyl groups excluding tert-OH is 1. The summed E-state index contributed by atoms with van der Waals surface area (Å²) >= 11 is 0. The summed E-state index contributed by atoms with van der Waals surface area (Å²) in [5.41, 5.74) is 1.34. The third-order valence-corrected chi connectivity index (χ3v) is 3.80. The van der Waals surface area contributed by atoms with Gasteiger partial charge in [0.15, 0.2) is 0 Å². The van der Waals surface area contributed by atoms with E-state index in [2.05, 4.69) is 5.43 Å². The standard InChI is InChI=1S/C15H19N3O6/c1-8(19)16-17(9(2)20)13-11-7-10(18(22)23)5-6-12(11)24-15(3,4)14(13)21/h5-7,13-14,21H,1-4H3,(H,16,19). The number of carbonyl (C=O) groups is 2. The summed E-state index contributed by atoms with van der Waals surface area (Å²) in [6.07, 6.45) is -1.22. The first-order valence-electron chi connectivity index (χ1n) is 7.27. The fourth-order valence-electron chi connectivity index (χ4n) is 2.66. The molecule has 1 heterocycles. The molecule has 0 radical (unpaired) electrons. The van der Waals surface area contributed by atoms with E-state index in [0.29, 0.717) is 5.75 Å². The minimum atomic E-state index is -1.22. The van der Waals surface area contributed by atoms with Crippen molar-refractivity contribution in [2.45, 2.75) is 45.4 Å². The molecule has 9 heteroatoms. The zero-order chi connectivity index (χ0) is 18.2. The molecule has 0 aromatic heterocycles. The molecule has 0 bridgehead atoms. The number of carbonyl (C=O) groups excluding carboxylic acids is 2. The maximum Gasteiger partial charge on any atom is 0.270 e. The van der Waals surface area contributed by atoms with Gasteiger partial charge in [0.05, 0.1) is 4.92 Å². The number of nitrogens with one attached hydrogen (secondary N) is 1. The zero-order valence-corrected chi connectivity index (χ0v) is 13.8. The SMILES string of the molecule is CC(=O)NN(C(C)=O)C1c2cc([N+](=O)[O-])ccc2OC(C)(C)C1O. The molecule has 0 spiro atoms. The van der Waals surface area contributed by atoms with Gasteiger partial charge in [-0.1, -0.05) is 0 Å². The molecule has 24 heavy (non-hydrogen) atoms. The van der Waals surface area contributed by atoms with Crippen LogP contribution >= 0.6 is 0 Å². The van der Waals surface area contributed by atoms with Crippen LogP contribution < -0.4 is 10.2 Å². The van der Waals surface area contributed by atoms with Crippen LogP contribution in [0, 0.1) is 10.1 Å². The highest BCUT2D eigenvalue weighted by Gasteiger charge is 2.47. The Morgan fingerprint density at radius 2 is 2.00 bits per heavy atom. The second kappa shape index (κ2) is 6.08. The van der Waals surface area contributed by atoms with E-state index in [0.717, 1.165) is 5.01 Å². The molecule has 0 fully saturated rings. The minimum absolute atomic E-state index is 0.208. The number of nitro benzene ring substituents is 1. The number of benzene rings is 1. The number of nitro groups is 1.